The molecule has 0 saturated carbocycles. The van der Waals surface area contributed by atoms with Gasteiger partial charge in [0.2, 0.25) is 0 Å². The molecule has 0 atom stereocenters. The second-order valence-corrected chi connectivity index (χ2v) is 8.80. The van der Waals surface area contributed by atoms with E-state index >= 15 is 0 Å². The molecule has 13 heteroatoms. The number of thioether (sulfide) groups is 1. The summed E-state index contributed by atoms with van der Waals surface area (Å²) in [6, 6.07) is 8.80. The predicted molar refractivity (Wildman–Crippen MR) is 115 cm³/mol. The van der Waals surface area contributed by atoms with Crippen LogP contribution in [0.5, 0.6) is 0 Å². The van der Waals surface area contributed by atoms with Crippen LogP contribution < -0.4 is 5.56 Å². The molecule has 0 spiro atoms. The van der Waals surface area contributed by atoms with Crippen molar-refractivity contribution in [3.8, 4) is 5.69 Å². The summed E-state index contributed by atoms with van der Waals surface area (Å²) in [5.74, 6) is -0.750. The molecule has 10 nitrogen and oxygen atoms in total. The summed E-state index contributed by atoms with van der Waals surface area (Å²) in [6.07, 6.45) is 1.63. The number of aromatic nitrogens is 4. The fraction of sp³-hybridized carbons (Fsp3) is 0.0556. The van der Waals surface area contributed by atoms with Gasteiger partial charge in [-0.25, -0.2) is 9.48 Å². The lowest BCUT2D eigenvalue weighted by atomic mass is 10.2. The van der Waals surface area contributed by atoms with E-state index in [0.717, 1.165) is 11.3 Å². The number of carboxylic acids is 1. The van der Waals surface area contributed by atoms with Gasteiger partial charge >= 0.3 is 5.97 Å². The van der Waals surface area contributed by atoms with Crippen LogP contribution in [-0.2, 0) is 5.75 Å². The Balaban J connectivity index is 1.59. The molecule has 0 aliphatic heterocycles. The zero-order chi connectivity index (χ0) is 22.1. The van der Waals surface area contributed by atoms with E-state index in [9.17, 15) is 19.7 Å². The summed E-state index contributed by atoms with van der Waals surface area (Å²) in [6.45, 7) is 0. The van der Waals surface area contributed by atoms with Crippen LogP contribution in [0.15, 0.2) is 51.7 Å². The Hall–Kier alpha value is -3.35. The molecule has 0 aliphatic rings. The second kappa shape index (κ2) is 8.41. The number of rotatable bonds is 6. The Morgan fingerprint density at radius 3 is 2.87 bits per heavy atom. The van der Waals surface area contributed by atoms with Crippen LogP contribution in [0.2, 0.25) is 5.02 Å². The van der Waals surface area contributed by atoms with Crippen molar-refractivity contribution in [2.24, 2.45) is 0 Å². The third-order valence-electron chi connectivity index (χ3n) is 4.09. The molecule has 4 aromatic rings. The van der Waals surface area contributed by atoms with Gasteiger partial charge < -0.3 is 5.11 Å². The zero-order valence-corrected chi connectivity index (χ0v) is 17.6. The first kappa shape index (κ1) is 20.9. The van der Waals surface area contributed by atoms with Gasteiger partial charge in [-0.2, -0.15) is 4.98 Å². The molecule has 31 heavy (non-hydrogen) atoms. The lowest BCUT2D eigenvalue weighted by Crippen LogP contribution is -2.06. The van der Waals surface area contributed by atoms with E-state index in [4.69, 9.17) is 16.7 Å². The van der Waals surface area contributed by atoms with Gasteiger partial charge in [-0.3, -0.25) is 14.9 Å². The monoisotopic (exact) mass is 475 g/mol. The Morgan fingerprint density at radius 1 is 1.32 bits per heavy atom. The average molecular weight is 476 g/mol. The van der Waals surface area contributed by atoms with Crippen LogP contribution >= 0.6 is 34.7 Å². The number of non-ortho nitro benzene ring substituents is 1. The molecule has 4 rings (SSSR count). The molecule has 0 unspecified atom stereocenters. The number of carbonyl (C=O) groups is 1. The Bertz CT molecular complexity index is 1400. The first-order chi connectivity index (χ1) is 14.8. The van der Waals surface area contributed by atoms with Crippen LogP contribution in [0.3, 0.4) is 0 Å². The lowest BCUT2D eigenvalue weighted by molar-refractivity contribution is -0.382. The normalized spacial score (nSPS) is 11.0. The smallest absolute Gasteiger partial charge is 0.335 e. The van der Waals surface area contributed by atoms with Gasteiger partial charge in [0, 0.05) is 16.8 Å². The molecular formula is C18H10ClN5O5S2. The van der Waals surface area contributed by atoms with Crippen molar-refractivity contribution in [3.63, 3.8) is 0 Å². The van der Waals surface area contributed by atoms with Crippen molar-refractivity contribution >= 4 is 56.4 Å². The van der Waals surface area contributed by atoms with Gasteiger partial charge in [-0.1, -0.05) is 34.6 Å². The number of carboxylic acid groups (broad SMARTS) is 1. The number of nitrogens with zero attached hydrogens (tertiary/aromatic N) is 5. The third-order valence-corrected chi connectivity index (χ3v) is 6.58. The van der Waals surface area contributed by atoms with E-state index in [2.05, 4.69) is 15.3 Å². The van der Waals surface area contributed by atoms with Crippen molar-refractivity contribution in [3.05, 3.63) is 79.3 Å². The van der Waals surface area contributed by atoms with E-state index in [0.29, 0.717) is 21.5 Å². The maximum atomic E-state index is 12.3. The molecule has 2 heterocycles. The predicted octanol–water partition coefficient (Wildman–Crippen LogP) is 3.79. The molecule has 0 aliphatic carbocycles. The van der Waals surface area contributed by atoms with Gasteiger partial charge in [-0.05, 0) is 24.3 Å². The number of nitro groups is 1. The van der Waals surface area contributed by atoms with E-state index in [1.54, 1.807) is 18.3 Å². The maximum absolute atomic E-state index is 12.3. The Morgan fingerprint density at radius 2 is 2.13 bits per heavy atom. The molecule has 0 radical (unpaired) electrons. The summed E-state index contributed by atoms with van der Waals surface area (Å²) < 4.78 is 1.97. The van der Waals surface area contributed by atoms with Gasteiger partial charge in [0.25, 0.3) is 11.2 Å². The highest BCUT2D eigenvalue weighted by Gasteiger charge is 2.18. The van der Waals surface area contributed by atoms with Gasteiger partial charge in [0.1, 0.15) is 4.70 Å². The van der Waals surface area contributed by atoms with Crippen LogP contribution in [0.1, 0.15) is 16.1 Å². The Kier molecular flexibility index (Phi) is 5.67. The number of halogens is 1. The fourth-order valence-corrected chi connectivity index (χ4v) is 4.93. The van der Waals surface area contributed by atoms with Crippen LogP contribution in [-0.4, -0.2) is 36.0 Å². The summed E-state index contributed by atoms with van der Waals surface area (Å²) in [5, 5.41) is 28.7. The average Bonchev–Trinajstić information content (AvgIpc) is 3.21. The fourth-order valence-electron chi connectivity index (χ4n) is 2.70. The number of nitro benzene ring substituents is 1. The van der Waals surface area contributed by atoms with E-state index in [-0.39, 0.29) is 26.4 Å². The molecular weight excluding hydrogens is 466 g/mol. The lowest BCUT2D eigenvalue weighted by Gasteiger charge is -2.02. The topological polar surface area (TPSA) is 141 Å². The van der Waals surface area contributed by atoms with Crippen molar-refractivity contribution in [2.75, 3.05) is 0 Å². The van der Waals surface area contributed by atoms with Crippen molar-refractivity contribution in [1.82, 2.24) is 20.0 Å². The highest BCUT2D eigenvalue weighted by atomic mass is 35.5. The molecule has 0 fully saturated rings. The highest BCUT2D eigenvalue weighted by Crippen LogP contribution is 2.35. The number of aromatic carboxylic acids is 1. The number of fused-ring (bicyclic) bond motifs is 1. The Labute approximate surface area is 186 Å². The van der Waals surface area contributed by atoms with Crippen LogP contribution in [0, 0.1) is 10.1 Å². The van der Waals surface area contributed by atoms with Crippen LogP contribution in [0.4, 0.5) is 5.69 Å². The van der Waals surface area contributed by atoms with Crippen molar-refractivity contribution in [1.29, 1.82) is 0 Å². The molecule has 0 saturated heterocycles. The summed E-state index contributed by atoms with van der Waals surface area (Å²) in [4.78, 5) is 38.2. The minimum Gasteiger partial charge on any atom is -0.478 e. The standard InChI is InChI=1S/C18H10ClN5O5S2/c19-10-5-13-15(14(6-10)24(28)29)31-18(20-16(13)25)30-8-11-7-23(22-21-11)12-3-1-2-9(4-12)17(26)27/h1-7H,8H2,(H,26,27). The molecule has 2 aromatic heterocycles. The van der Waals surface area contributed by atoms with E-state index < -0.39 is 16.5 Å². The molecule has 1 N–H and O–H groups in total. The molecule has 0 amide bonds. The summed E-state index contributed by atoms with van der Waals surface area (Å²) in [7, 11) is 0. The quantitative estimate of drug-likeness (QED) is 0.250. The summed E-state index contributed by atoms with van der Waals surface area (Å²) in [5.41, 5.74) is 0.354. The molecule has 2 aromatic carbocycles. The van der Waals surface area contributed by atoms with E-state index in [1.165, 1.54) is 40.7 Å². The van der Waals surface area contributed by atoms with Gasteiger partial charge in [0.05, 0.1) is 33.5 Å². The van der Waals surface area contributed by atoms with Gasteiger partial charge in [-0.15, -0.1) is 16.4 Å². The second-order valence-electron chi connectivity index (χ2n) is 6.14. The third kappa shape index (κ3) is 4.40. The number of hydrogen-bond acceptors (Lipinski definition) is 9. The van der Waals surface area contributed by atoms with Crippen molar-refractivity contribution in [2.45, 2.75) is 10.1 Å². The molecule has 156 valence electrons. The first-order valence-corrected chi connectivity index (χ1v) is 10.7. The largest absolute Gasteiger partial charge is 0.478 e. The van der Waals surface area contributed by atoms with Gasteiger partial charge in [0.15, 0.2) is 4.34 Å². The van der Waals surface area contributed by atoms with Crippen LogP contribution in [0.25, 0.3) is 15.8 Å². The molecule has 0 bridgehead atoms. The zero-order valence-electron chi connectivity index (χ0n) is 15.3. The number of hydrogen-bond donors (Lipinski definition) is 1. The SMILES string of the molecule is O=C(O)c1cccc(-n2cc(CSc3nc(=O)c4cc(Cl)cc([N+](=O)[O-])c4s3)nn2)c1. The maximum Gasteiger partial charge on any atom is 0.335 e. The number of benzene rings is 2. The summed E-state index contributed by atoms with van der Waals surface area (Å²) >= 11 is 8.09. The first-order valence-electron chi connectivity index (χ1n) is 8.48. The minimum absolute atomic E-state index is 0.0919. The minimum atomic E-state index is -1.05. The highest BCUT2D eigenvalue weighted by molar-refractivity contribution is 8.00. The van der Waals surface area contributed by atoms with Crippen molar-refractivity contribution < 1.29 is 14.8 Å². The van der Waals surface area contributed by atoms with E-state index in [1.807, 2.05) is 0 Å².